The molecule has 0 saturated carbocycles. The molecule has 0 bridgehead atoms. The molecule has 7 heteroatoms. The molecule has 1 atom stereocenters. The molecule has 1 aliphatic heterocycles. The van der Waals surface area contributed by atoms with Crippen molar-refractivity contribution >= 4 is 32.2 Å². The van der Waals surface area contributed by atoms with E-state index in [-0.39, 0.29) is 11.8 Å². The van der Waals surface area contributed by atoms with Crippen LogP contribution in [0.15, 0.2) is 53.4 Å². The van der Waals surface area contributed by atoms with Crippen LogP contribution in [-0.4, -0.2) is 38.3 Å². The summed E-state index contributed by atoms with van der Waals surface area (Å²) >= 11 is 0. The zero-order valence-corrected chi connectivity index (χ0v) is 17.5. The van der Waals surface area contributed by atoms with E-state index in [0.29, 0.717) is 24.5 Å². The van der Waals surface area contributed by atoms with Crippen molar-refractivity contribution in [3.8, 4) is 0 Å². The van der Waals surface area contributed by atoms with Crippen LogP contribution >= 0.6 is 0 Å². The predicted molar refractivity (Wildman–Crippen MR) is 118 cm³/mol. The van der Waals surface area contributed by atoms with Gasteiger partial charge < -0.3 is 16.0 Å². The van der Waals surface area contributed by atoms with E-state index in [1.54, 1.807) is 12.1 Å². The van der Waals surface area contributed by atoms with Gasteiger partial charge in [-0.3, -0.25) is 0 Å². The quantitative estimate of drug-likeness (QED) is 0.687. The zero-order chi connectivity index (χ0) is 20.6. The minimum atomic E-state index is -3.30. The summed E-state index contributed by atoms with van der Waals surface area (Å²) in [4.78, 5) is 7.32. The van der Waals surface area contributed by atoms with Gasteiger partial charge in [0.1, 0.15) is 5.82 Å². The summed E-state index contributed by atoms with van der Waals surface area (Å²) in [7, 11) is -3.30. The number of fused-ring (bicyclic) bond motifs is 2. The summed E-state index contributed by atoms with van der Waals surface area (Å²) in [5.74, 6) is 0.834. The molecular weight excluding hydrogens is 384 g/mol. The van der Waals surface area contributed by atoms with E-state index >= 15 is 0 Å². The van der Waals surface area contributed by atoms with Crippen molar-refractivity contribution in [2.24, 2.45) is 5.73 Å². The molecule has 2 aromatic carbocycles. The third-order valence-electron chi connectivity index (χ3n) is 5.19. The summed E-state index contributed by atoms with van der Waals surface area (Å²) in [5.41, 5.74) is 9.75. The monoisotopic (exact) mass is 410 g/mol. The Balaban J connectivity index is 1.78. The van der Waals surface area contributed by atoms with E-state index in [1.807, 2.05) is 42.2 Å². The fourth-order valence-corrected chi connectivity index (χ4v) is 5.16. The molecule has 6 nitrogen and oxygen atoms in total. The second kappa shape index (κ2) is 7.65. The number of pyridine rings is 1. The fraction of sp³-hybridized carbons (Fsp3) is 0.318. The highest BCUT2D eigenvalue weighted by Gasteiger charge is 2.26. The number of rotatable bonds is 4. The maximum absolute atomic E-state index is 12.7. The number of nitrogens with zero attached hydrogens (tertiary/aromatic N) is 2. The fourth-order valence-electron chi connectivity index (χ4n) is 3.66. The van der Waals surface area contributed by atoms with Gasteiger partial charge in [0.05, 0.1) is 16.2 Å². The first kappa shape index (κ1) is 19.7. The molecule has 0 spiro atoms. The molecule has 0 saturated heterocycles. The first-order valence-corrected chi connectivity index (χ1v) is 11.5. The molecule has 0 radical (unpaired) electrons. The van der Waals surface area contributed by atoms with Gasteiger partial charge in [0.15, 0.2) is 9.84 Å². The summed E-state index contributed by atoms with van der Waals surface area (Å²) in [6, 6.07) is 15.4. The van der Waals surface area contributed by atoms with Gasteiger partial charge in [-0.1, -0.05) is 29.8 Å². The van der Waals surface area contributed by atoms with E-state index in [4.69, 9.17) is 10.7 Å². The summed E-state index contributed by atoms with van der Waals surface area (Å²) in [6.45, 7) is 5.56. The van der Waals surface area contributed by atoms with Crippen molar-refractivity contribution in [3.63, 3.8) is 0 Å². The topological polar surface area (TPSA) is 88.3 Å². The molecule has 1 aromatic heterocycles. The SMILES string of the molecule is Cc1ccc2nc(N3CCS(=O)(=O)c4ccccc4C3)cc(NCC(C)N)c2c1. The van der Waals surface area contributed by atoms with Crippen molar-refractivity contribution in [1.29, 1.82) is 0 Å². The molecule has 0 aliphatic carbocycles. The summed E-state index contributed by atoms with van der Waals surface area (Å²) in [6.07, 6.45) is 0. The van der Waals surface area contributed by atoms with Crippen LogP contribution in [0.1, 0.15) is 18.1 Å². The number of nitrogens with one attached hydrogen (secondary N) is 1. The summed E-state index contributed by atoms with van der Waals surface area (Å²) < 4.78 is 25.4. The molecule has 1 aliphatic rings. The number of sulfone groups is 1. The van der Waals surface area contributed by atoms with E-state index in [9.17, 15) is 8.42 Å². The molecule has 29 heavy (non-hydrogen) atoms. The number of aromatic nitrogens is 1. The highest BCUT2D eigenvalue weighted by Crippen LogP contribution is 2.31. The molecule has 1 unspecified atom stereocenters. The van der Waals surface area contributed by atoms with Crippen molar-refractivity contribution in [3.05, 3.63) is 59.7 Å². The third-order valence-corrected chi connectivity index (χ3v) is 6.98. The number of benzene rings is 2. The van der Waals surface area contributed by atoms with Gasteiger partial charge in [-0.15, -0.1) is 0 Å². The second-order valence-corrected chi connectivity index (χ2v) is 9.83. The van der Waals surface area contributed by atoms with E-state index in [1.165, 1.54) is 0 Å². The standard InChI is InChI=1S/C22H26N4O2S/c1-15-7-8-19-18(11-15)20(24-13-16(2)23)12-22(25-19)26-9-10-29(27,28)21-6-4-3-5-17(21)14-26/h3-8,11-12,16H,9-10,13-14,23H2,1-2H3,(H,24,25). The molecule has 3 N–H and O–H groups in total. The second-order valence-electron chi connectivity index (χ2n) is 7.75. The van der Waals surface area contributed by atoms with E-state index in [0.717, 1.165) is 33.5 Å². The molecule has 0 amide bonds. The lowest BCUT2D eigenvalue weighted by Gasteiger charge is -2.23. The molecule has 152 valence electrons. The Morgan fingerprint density at radius 3 is 2.79 bits per heavy atom. The predicted octanol–water partition coefficient (Wildman–Crippen LogP) is 3.10. The van der Waals surface area contributed by atoms with Gasteiger partial charge in [-0.25, -0.2) is 13.4 Å². The van der Waals surface area contributed by atoms with Crippen molar-refractivity contribution in [2.45, 2.75) is 31.3 Å². The van der Waals surface area contributed by atoms with Gasteiger partial charge in [0.25, 0.3) is 0 Å². The zero-order valence-electron chi connectivity index (χ0n) is 16.7. The number of aryl methyl sites for hydroxylation is 1. The number of hydrogen-bond donors (Lipinski definition) is 2. The minimum Gasteiger partial charge on any atom is -0.383 e. The minimum absolute atomic E-state index is 0.0154. The average molecular weight is 411 g/mol. The number of hydrogen-bond acceptors (Lipinski definition) is 6. The molecular formula is C22H26N4O2S. The Morgan fingerprint density at radius 2 is 2.00 bits per heavy atom. The smallest absolute Gasteiger partial charge is 0.180 e. The lowest BCUT2D eigenvalue weighted by molar-refractivity contribution is 0.596. The average Bonchev–Trinajstić information content (AvgIpc) is 2.82. The number of anilines is 2. The van der Waals surface area contributed by atoms with Crippen LogP contribution in [0.3, 0.4) is 0 Å². The molecule has 2 heterocycles. The Hall–Kier alpha value is -2.64. The Morgan fingerprint density at radius 1 is 1.21 bits per heavy atom. The maximum Gasteiger partial charge on any atom is 0.180 e. The number of nitrogens with two attached hydrogens (primary N) is 1. The molecule has 0 fully saturated rings. The van der Waals surface area contributed by atoms with Crippen molar-refractivity contribution < 1.29 is 8.42 Å². The van der Waals surface area contributed by atoms with Gasteiger partial charge in [0.2, 0.25) is 0 Å². The van der Waals surface area contributed by atoms with E-state index < -0.39 is 9.84 Å². The highest BCUT2D eigenvalue weighted by molar-refractivity contribution is 7.91. The lowest BCUT2D eigenvalue weighted by atomic mass is 10.1. The van der Waals surface area contributed by atoms with Crippen LogP contribution in [0.25, 0.3) is 10.9 Å². The Bertz CT molecular complexity index is 1160. The normalized spacial score (nSPS) is 16.9. The first-order chi connectivity index (χ1) is 13.8. The molecule has 4 rings (SSSR count). The highest BCUT2D eigenvalue weighted by atomic mass is 32.2. The Kier molecular flexibility index (Phi) is 5.19. The molecule has 3 aromatic rings. The summed E-state index contributed by atoms with van der Waals surface area (Å²) in [5, 5.41) is 4.47. The van der Waals surface area contributed by atoms with Crippen LogP contribution in [0.5, 0.6) is 0 Å². The van der Waals surface area contributed by atoms with Gasteiger partial charge in [-0.2, -0.15) is 0 Å². The largest absolute Gasteiger partial charge is 0.383 e. The van der Waals surface area contributed by atoms with E-state index in [2.05, 4.69) is 18.3 Å². The van der Waals surface area contributed by atoms with Crippen LogP contribution in [0, 0.1) is 6.92 Å². The van der Waals surface area contributed by atoms with Crippen LogP contribution in [0.4, 0.5) is 11.5 Å². The van der Waals surface area contributed by atoms with Gasteiger partial charge >= 0.3 is 0 Å². The Labute approximate surface area is 171 Å². The maximum atomic E-state index is 12.7. The van der Waals surface area contributed by atoms with Crippen LogP contribution < -0.4 is 16.0 Å². The first-order valence-electron chi connectivity index (χ1n) is 9.80. The van der Waals surface area contributed by atoms with Crippen molar-refractivity contribution in [1.82, 2.24) is 4.98 Å². The van der Waals surface area contributed by atoms with Crippen LogP contribution in [-0.2, 0) is 16.4 Å². The van der Waals surface area contributed by atoms with Crippen LogP contribution in [0.2, 0.25) is 0 Å². The van der Waals surface area contributed by atoms with Gasteiger partial charge in [0, 0.05) is 42.8 Å². The lowest BCUT2D eigenvalue weighted by Crippen LogP contribution is -2.27. The third kappa shape index (κ3) is 4.06. The van der Waals surface area contributed by atoms with Crippen molar-refractivity contribution in [2.75, 3.05) is 29.1 Å². The van der Waals surface area contributed by atoms with Gasteiger partial charge in [-0.05, 0) is 37.6 Å².